The van der Waals surface area contributed by atoms with Crippen LogP contribution in [0.3, 0.4) is 0 Å². The van der Waals surface area contributed by atoms with Crippen LogP contribution < -0.4 is 15.6 Å². The Balaban J connectivity index is 1.75. The minimum atomic E-state index is -0.456. The molecule has 136 valence electrons. The van der Waals surface area contributed by atoms with E-state index in [1.807, 2.05) is 49.5 Å². The lowest BCUT2D eigenvalue weighted by molar-refractivity contribution is 0.415. The predicted octanol–water partition coefficient (Wildman–Crippen LogP) is 3.52. The number of methoxy groups -OCH3 is 1. The number of nitrogens with zero attached hydrogens (tertiary/aromatic N) is 4. The van der Waals surface area contributed by atoms with Crippen molar-refractivity contribution in [3.63, 3.8) is 0 Å². The van der Waals surface area contributed by atoms with Crippen LogP contribution in [0, 0.1) is 0 Å². The zero-order valence-electron chi connectivity index (χ0n) is 14.7. The molecule has 2 aromatic carbocycles. The van der Waals surface area contributed by atoms with Gasteiger partial charge in [-0.05, 0) is 24.3 Å². The van der Waals surface area contributed by atoms with Crippen LogP contribution in [0.15, 0.2) is 59.5 Å². The first-order valence-corrected chi connectivity index (χ1v) is 8.57. The highest BCUT2D eigenvalue weighted by Gasteiger charge is 2.16. The van der Waals surface area contributed by atoms with Crippen molar-refractivity contribution in [3.05, 3.63) is 70.1 Å². The molecule has 0 atom stereocenters. The fourth-order valence-electron chi connectivity index (χ4n) is 2.84. The number of aryl methyl sites for hydroxylation is 1. The Kier molecular flexibility index (Phi) is 4.29. The van der Waals surface area contributed by atoms with Gasteiger partial charge in [-0.25, -0.2) is 4.98 Å². The smallest absolute Gasteiger partial charge is 0.295 e. The summed E-state index contributed by atoms with van der Waals surface area (Å²) in [7, 11) is 3.42. The Labute approximate surface area is 159 Å². The van der Waals surface area contributed by atoms with Crippen LogP contribution in [-0.2, 0) is 7.05 Å². The molecule has 8 heteroatoms. The van der Waals surface area contributed by atoms with E-state index in [2.05, 4.69) is 15.4 Å². The van der Waals surface area contributed by atoms with E-state index in [0.717, 1.165) is 16.7 Å². The van der Waals surface area contributed by atoms with E-state index in [1.54, 1.807) is 17.7 Å². The van der Waals surface area contributed by atoms with Gasteiger partial charge in [0.15, 0.2) is 0 Å². The van der Waals surface area contributed by atoms with E-state index in [9.17, 15) is 4.79 Å². The second kappa shape index (κ2) is 6.77. The van der Waals surface area contributed by atoms with Crippen molar-refractivity contribution in [2.75, 3.05) is 12.4 Å². The third-order valence-electron chi connectivity index (χ3n) is 4.22. The second-order valence-corrected chi connectivity index (χ2v) is 6.28. The van der Waals surface area contributed by atoms with Crippen LogP contribution >= 0.6 is 11.6 Å². The lowest BCUT2D eigenvalue weighted by atomic mass is 10.3. The number of nitrogens with one attached hydrogen (secondary N) is 1. The Morgan fingerprint density at radius 2 is 1.96 bits per heavy atom. The summed E-state index contributed by atoms with van der Waals surface area (Å²) in [5.74, 6) is 1.09. The number of fused-ring (bicyclic) bond motifs is 1. The van der Waals surface area contributed by atoms with Crippen LogP contribution in [0.25, 0.3) is 17.0 Å². The zero-order chi connectivity index (χ0) is 19.0. The summed E-state index contributed by atoms with van der Waals surface area (Å²) in [6.45, 7) is 0. The van der Waals surface area contributed by atoms with Gasteiger partial charge >= 0.3 is 0 Å². The fourth-order valence-corrected chi connectivity index (χ4v) is 3.02. The first-order valence-electron chi connectivity index (χ1n) is 8.19. The molecule has 0 radical (unpaired) electrons. The Hall–Kier alpha value is -3.32. The van der Waals surface area contributed by atoms with Crippen molar-refractivity contribution in [1.82, 2.24) is 19.3 Å². The van der Waals surface area contributed by atoms with E-state index in [1.165, 1.54) is 10.9 Å². The van der Waals surface area contributed by atoms with Crippen molar-refractivity contribution >= 4 is 34.0 Å². The molecule has 0 saturated heterocycles. The van der Waals surface area contributed by atoms with Gasteiger partial charge in [0.25, 0.3) is 5.56 Å². The van der Waals surface area contributed by atoms with E-state index in [-0.39, 0.29) is 5.02 Å². The fraction of sp³-hybridized carbons (Fsp3) is 0.105. The molecule has 0 bridgehead atoms. The molecule has 0 unspecified atom stereocenters. The maximum absolute atomic E-state index is 12.8. The SMILES string of the molecule is COc1cccc(Nc2cnn(-c3nc4ccccc4n3C)c(=O)c2Cl)c1. The third kappa shape index (κ3) is 3.02. The van der Waals surface area contributed by atoms with Crippen molar-refractivity contribution in [3.8, 4) is 11.7 Å². The summed E-state index contributed by atoms with van der Waals surface area (Å²) in [6, 6.07) is 14.9. The Morgan fingerprint density at radius 3 is 2.74 bits per heavy atom. The van der Waals surface area contributed by atoms with Crippen LogP contribution in [0.2, 0.25) is 5.02 Å². The molecule has 0 aliphatic carbocycles. The molecule has 0 saturated carbocycles. The number of rotatable bonds is 4. The minimum Gasteiger partial charge on any atom is -0.497 e. The van der Waals surface area contributed by atoms with Crippen LogP contribution in [0.1, 0.15) is 0 Å². The van der Waals surface area contributed by atoms with Crippen molar-refractivity contribution in [2.24, 2.45) is 7.05 Å². The standard InChI is InChI=1S/C19H16ClN5O2/c1-24-16-9-4-3-8-14(16)23-19(24)25-18(26)17(20)15(11-21-25)22-12-6-5-7-13(10-12)27-2/h3-11,22H,1-2H3. The largest absolute Gasteiger partial charge is 0.497 e. The molecule has 2 aromatic heterocycles. The molecule has 0 amide bonds. The van der Waals surface area contributed by atoms with Gasteiger partial charge in [-0.3, -0.25) is 4.79 Å². The van der Waals surface area contributed by atoms with Crippen LogP contribution in [-0.4, -0.2) is 26.4 Å². The van der Waals surface area contributed by atoms with Gasteiger partial charge < -0.3 is 14.6 Å². The van der Waals surface area contributed by atoms with E-state index in [4.69, 9.17) is 16.3 Å². The number of anilines is 2. The maximum Gasteiger partial charge on any atom is 0.295 e. The highest BCUT2D eigenvalue weighted by atomic mass is 35.5. The van der Waals surface area contributed by atoms with Gasteiger partial charge in [-0.15, -0.1) is 0 Å². The van der Waals surface area contributed by atoms with E-state index >= 15 is 0 Å². The molecule has 0 fully saturated rings. The minimum absolute atomic E-state index is 0.0277. The van der Waals surface area contributed by atoms with Gasteiger partial charge in [0.05, 0.1) is 30.0 Å². The number of ether oxygens (including phenoxy) is 1. The van der Waals surface area contributed by atoms with E-state index < -0.39 is 5.56 Å². The predicted molar refractivity (Wildman–Crippen MR) is 105 cm³/mol. The average Bonchev–Trinajstić information content (AvgIpc) is 3.02. The second-order valence-electron chi connectivity index (χ2n) is 5.91. The van der Waals surface area contributed by atoms with E-state index in [0.29, 0.717) is 17.4 Å². The number of aromatic nitrogens is 4. The zero-order valence-corrected chi connectivity index (χ0v) is 15.4. The summed E-state index contributed by atoms with van der Waals surface area (Å²) < 4.78 is 8.19. The van der Waals surface area contributed by atoms with Gasteiger partial charge in [-0.2, -0.15) is 9.78 Å². The van der Waals surface area contributed by atoms with Crippen molar-refractivity contribution in [2.45, 2.75) is 0 Å². The summed E-state index contributed by atoms with van der Waals surface area (Å²) in [4.78, 5) is 17.3. The summed E-state index contributed by atoms with van der Waals surface area (Å²) in [5, 5.41) is 7.37. The number of halogens is 1. The number of para-hydroxylation sites is 2. The lowest BCUT2D eigenvalue weighted by Crippen LogP contribution is -2.24. The average molecular weight is 382 g/mol. The molecule has 0 aliphatic heterocycles. The first-order chi connectivity index (χ1) is 13.1. The number of benzene rings is 2. The molecule has 4 rings (SSSR count). The van der Waals surface area contributed by atoms with Gasteiger partial charge in [0.1, 0.15) is 10.8 Å². The normalized spacial score (nSPS) is 10.9. The molecular weight excluding hydrogens is 366 g/mol. The number of imidazole rings is 1. The lowest BCUT2D eigenvalue weighted by Gasteiger charge is -2.11. The maximum atomic E-state index is 12.8. The highest BCUT2D eigenvalue weighted by molar-refractivity contribution is 6.33. The summed E-state index contributed by atoms with van der Waals surface area (Å²) in [5.41, 5.74) is 2.36. The van der Waals surface area contributed by atoms with Gasteiger partial charge in [0.2, 0.25) is 5.95 Å². The molecule has 27 heavy (non-hydrogen) atoms. The first kappa shape index (κ1) is 17.1. The van der Waals surface area contributed by atoms with Gasteiger partial charge in [0, 0.05) is 18.8 Å². The summed E-state index contributed by atoms with van der Waals surface area (Å²) in [6.07, 6.45) is 1.50. The molecule has 0 spiro atoms. The Bertz CT molecular complexity index is 1200. The number of hydrogen-bond donors (Lipinski definition) is 1. The Morgan fingerprint density at radius 1 is 1.15 bits per heavy atom. The molecule has 1 N–H and O–H groups in total. The molecule has 7 nitrogen and oxygen atoms in total. The topological polar surface area (TPSA) is 74.0 Å². The quantitative estimate of drug-likeness (QED) is 0.585. The highest BCUT2D eigenvalue weighted by Crippen LogP contribution is 2.25. The number of hydrogen-bond acceptors (Lipinski definition) is 5. The molecule has 2 heterocycles. The van der Waals surface area contributed by atoms with Gasteiger partial charge in [-0.1, -0.05) is 29.8 Å². The molecular formula is C19H16ClN5O2. The molecule has 0 aliphatic rings. The van der Waals surface area contributed by atoms with Crippen LogP contribution in [0.5, 0.6) is 5.75 Å². The monoisotopic (exact) mass is 381 g/mol. The van der Waals surface area contributed by atoms with Crippen LogP contribution in [0.4, 0.5) is 11.4 Å². The van der Waals surface area contributed by atoms with Crippen molar-refractivity contribution in [1.29, 1.82) is 0 Å². The molecule has 4 aromatic rings. The third-order valence-corrected chi connectivity index (χ3v) is 4.59. The summed E-state index contributed by atoms with van der Waals surface area (Å²) >= 11 is 6.32. The van der Waals surface area contributed by atoms with Crippen molar-refractivity contribution < 1.29 is 4.74 Å².